The number of hydrogen-bond donors (Lipinski definition) is 2. The highest BCUT2D eigenvalue weighted by Crippen LogP contribution is 2.35. The van der Waals surface area contributed by atoms with Crippen molar-refractivity contribution in [2.45, 2.75) is 13.0 Å². The molecule has 5 heteroatoms. The molecule has 1 unspecified atom stereocenters. The molecule has 1 aromatic heterocycles. The van der Waals surface area contributed by atoms with Crippen LogP contribution in [0.5, 0.6) is 5.75 Å². The smallest absolute Gasteiger partial charge is 0.118 e. The zero-order chi connectivity index (χ0) is 13.1. The number of hydrogen-bond acceptors (Lipinski definition) is 4. The molecule has 0 fully saturated rings. The summed E-state index contributed by atoms with van der Waals surface area (Å²) < 4.78 is 5.14. The maximum Gasteiger partial charge on any atom is 0.118 e. The van der Waals surface area contributed by atoms with Crippen molar-refractivity contribution in [1.82, 2.24) is 5.43 Å². The normalized spacial score (nSPS) is 12.4. The third-order valence-electron chi connectivity index (χ3n) is 2.80. The van der Waals surface area contributed by atoms with E-state index >= 15 is 0 Å². The minimum absolute atomic E-state index is 0.0953. The minimum atomic E-state index is -0.0953. The highest BCUT2D eigenvalue weighted by atomic mass is 35.5. The summed E-state index contributed by atoms with van der Waals surface area (Å²) in [5.41, 5.74) is 4.94. The SMILES string of the molecule is COc1ccc(C(NN)c2scc(C)c2Cl)cc1. The second kappa shape index (κ2) is 5.71. The number of nitrogens with two attached hydrogens (primary N) is 1. The summed E-state index contributed by atoms with van der Waals surface area (Å²) in [7, 11) is 1.65. The Hall–Kier alpha value is -1.07. The number of halogens is 1. The van der Waals surface area contributed by atoms with Gasteiger partial charge >= 0.3 is 0 Å². The maximum atomic E-state index is 6.28. The zero-order valence-corrected chi connectivity index (χ0v) is 11.8. The van der Waals surface area contributed by atoms with Crippen LogP contribution in [0, 0.1) is 6.92 Å². The van der Waals surface area contributed by atoms with Crippen LogP contribution in [0.25, 0.3) is 0 Å². The lowest BCUT2D eigenvalue weighted by molar-refractivity contribution is 0.414. The second-order valence-electron chi connectivity index (χ2n) is 3.97. The molecule has 3 nitrogen and oxygen atoms in total. The van der Waals surface area contributed by atoms with Crippen LogP contribution < -0.4 is 16.0 Å². The molecule has 3 N–H and O–H groups in total. The number of rotatable bonds is 4. The summed E-state index contributed by atoms with van der Waals surface area (Å²) in [4.78, 5) is 1.03. The quantitative estimate of drug-likeness (QED) is 0.668. The molecule has 0 saturated carbocycles. The topological polar surface area (TPSA) is 47.3 Å². The molecule has 1 atom stereocenters. The summed E-state index contributed by atoms with van der Waals surface area (Å²) in [5.74, 6) is 6.47. The van der Waals surface area contributed by atoms with Gasteiger partial charge in [0.05, 0.1) is 18.2 Å². The van der Waals surface area contributed by atoms with E-state index in [0.29, 0.717) is 0 Å². The first-order chi connectivity index (χ1) is 8.67. The highest BCUT2D eigenvalue weighted by molar-refractivity contribution is 7.10. The van der Waals surface area contributed by atoms with Crippen molar-refractivity contribution >= 4 is 22.9 Å². The van der Waals surface area contributed by atoms with Gasteiger partial charge in [-0.1, -0.05) is 23.7 Å². The molecule has 0 bridgehead atoms. The molecule has 0 aliphatic heterocycles. The monoisotopic (exact) mass is 282 g/mol. The fourth-order valence-corrected chi connectivity index (χ4v) is 3.15. The van der Waals surface area contributed by atoms with Crippen molar-refractivity contribution in [3.05, 3.63) is 50.7 Å². The first-order valence-corrected chi connectivity index (χ1v) is 6.76. The van der Waals surface area contributed by atoms with E-state index in [1.165, 1.54) is 0 Å². The molecule has 1 heterocycles. The number of aryl methyl sites for hydroxylation is 1. The van der Waals surface area contributed by atoms with Crippen LogP contribution in [0.3, 0.4) is 0 Å². The molecule has 2 rings (SSSR count). The molecule has 18 heavy (non-hydrogen) atoms. The minimum Gasteiger partial charge on any atom is -0.497 e. The first-order valence-electron chi connectivity index (χ1n) is 5.51. The average molecular weight is 283 g/mol. The maximum absolute atomic E-state index is 6.28. The third-order valence-corrected chi connectivity index (χ3v) is 4.58. The van der Waals surface area contributed by atoms with Crippen LogP contribution in [0.2, 0.25) is 5.02 Å². The largest absolute Gasteiger partial charge is 0.497 e. The van der Waals surface area contributed by atoms with Crippen LogP contribution >= 0.6 is 22.9 Å². The predicted molar refractivity (Wildman–Crippen MR) is 76.2 cm³/mol. The Balaban J connectivity index is 2.35. The molecule has 0 saturated heterocycles. The van der Waals surface area contributed by atoms with Gasteiger partial charge in [-0.3, -0.25) is 5.84 Å². The number of ether oxygens (including phenoxy) is 1. The molecule has 0 spiro atoms. The third kappa shape index (κ3) is 2.52. The van der Waals surface area contributed by atoms with Crippen molar-refractivity contribution in [3.63, 3.8) is 0 Å². The van der Waals surface area contributed by atoms with Gasteiger partial charge in [0.1, 0.15) is 5.75 Å². The fraction of sp³-hybridized carbons (Fsp3) is 0.231. The van der Waals surface area contributed by atoms with Crippen molar-refractivity contribution in [2.24, 2.45) is 5.84 Å². The molecule has 2 aromatic rings. The Bertz CT molecular complexity index is 524. The molecule has 0 aliphatic carbocycles. The van der Waals surface area contributed by atoms with Gasteiger partial charge in [0.15, 0.2) is 0 Å². The van der Waals surface area contributed by atoms with Gasteiger partial charge in [-0.25, -0.2) is 5.43 Å². The van der Waals surface area contributed by atoms with Crippen LogP contribution in [-0.4, -0.2) is 7.11 Å². The number of methoxy groups -OCH3 is 1. The Morgan fingerprint density at radius 2 is 2.00 bits per heavy atom. The van der Waals surface area contributed by atoms with Gasteiger partial charge in [0, 0.05) is 4.88 Å². The number of hydrazine groups is 1. The van der Waals surface area contributed by atoms with Crippen molar-refractivity contribution in [2.75, 3.05) is 7.11 Å². The van der Waals surface area contributed by atoms with Gasteiger partial charge in [0.2, 0.25) is 0 Å². The summed E-state index contributed by atoms with van der Waals surface area (Å²) in [6, 6.07) is 7.69. The highest BCUT2D eigenvalue weighted by Gasteiger charge is 2.18. The second-order valence-corrected chi connectivity index (χ2v) is 5.26. The van der Waals surface area contributed by atoms with Gasteiger partial charge in [-0.15, -0.1) is 11.3 Å². The summed E-state index contributed by atoms with van der Waals surface area (Å²) in [6.07, 6.45) is 0. The van der Waals surface area contributed by atoms with Crippen LogP contribution in [0.4, 0.5) is 0 Å². The summed E-state index contributed by atoms with van der Waals surface area (Å²) >= 11 is 7.89. The first kappa shape index (κ1) is 13.4. The van der Waals surface area contributed by atoms with E-state index in [1.807, 2.05) is 36.6 Å². The Morgan fingerprint density at radius 1 is 1.33 bits per heavy atom. The fourth-order valence-electron chi connectivity index (χ4n) is 1.76. The average Bonchev–Trinajstić information content (AvgIpc) is 2.73. The van der Waals surface area contributed by atoms with E-state index in [4.69, 9.17) is 22.2 Å². The molecule has 96 valence electrons. The molecule has 0 amide bonds. The predicted octanol–water partition coefficient (Wildman–Crippen LogP) is 3.27. The summed E-state index contributed by atoms with van der Waals surface area (Å²) in [6.45, 7) is 1.99. The molecular weight excluding hydrogens is 268 g/mol. The summed E-state index contributed by atoms with van der Waals surface area (Å²) in [5, 5.41) is 2.81. The Morgan fingerprint density at radius 3 is 2.44 bits per heavy atom. The van der Waals surface area contributed by atoms with E-state index in [-0.39, 0.29) is 6.04 Å². The van der Waals surface area contributed by atoms with Crippen molar-refractivity contribution < 1.29 is 4.74 Å². The van der Waals surface area contributed by atoms with Gasteiger partial charge < -0.3 is 4.74 Å². The van der Waals surface area contributed by atoms with Crippen molar-refractivity contribution in [3.8, 4) is 5.75 Å². The van der Waals surface area contributed by atoms with Crippen molar-refractivity contribution in [1.29, 1.82) is 0 Å². The molecular formula is C13H15ClN2OS. The molecule has 0 aliphatic rings. The standard InChI is InChI=1S/C13H15ClN2OS/c1-8-7-18-13(11(8)14)12(16-15)9-3-5-10(17-2)6-4-9/h3-7,12,16H,15H2,1-2H3. The van der Waals surface area contributed by atoms with Gasteiger partial charge in [-0.05, 0) is 35.6 Å². The lowest BCUT2D eigenvalue weighted by Gasteiger charge is -2.16. The van der Waals surface area contributed by atoms with E-state index < -0.39 is 0 Å². The van der Waals surface area contributed by atoms with Gasteiger partial charge in [-0.2, -0.15) is 0 Å². The Labute approximate surface area is 116 Å². The van der Waals surface area contributed by atoms with E-state index in [2.05, 4.69) is 5.43 Å². The van der Waals surface area contributed by atoms with Crippen LogP contribution in [0.1, 0.15) is 22.0 Å². The van der Waals surface area contributed by atoms with Crippen LogP contribution in [-0.2, 0) is 0 Å². The number of benzene rings is 1. The van der Waals surface area contributed by atoms with E-state index in [1.54, 1.807) is 18.4 Å². The lowest BCUT2D eigenvalue weighted by atomic mass is 10.1. The molecule has 1 aromatic carbocycles. The van der Waals surface area contributed by atoms with E-state index in [0.717, 1.165) is 26.8 Å². The lowest BCUT2D eigenvalue weighted by Crippen LogP contribution is -2.28. The van der Waals surface area contributed by atoms with E-state index in [9.17, 15) is 0 Å². The number of thiophene rings is 1. The zero-order valence-electron chi connectivity index (χ0n) is 10.2. The van der Waals surface area contributed by atoms with Gasteiger partial charge in [0.25, 0.3) is 0 Å². The molecule has 0 radical (unpaired) electrons. The van der Waals surface area contributed by atoms with Crippen LogP contribution in [0.15, 0.2) is 29.6 Å². The number of nitrogens with one attached hydrogen (secondary N) is 1. The Kier molecular flexibility index (Phi) is 4.24.